The summed E-state index contributed by atoms with van der Waals surface area (Å²) >= 11 is 1.52. The molecule has 1 aromatic carbocycles. The molecule has 0 radical (unpaired) electrons. The fourth-order valence-electron chi connectivity index (χ4n) is 3.99. The van der Waals surface area contributed by atoms with Crippen LogP contribution in [-0.2, 0) is 43.9 Å². The van der Waals surface area contributed by atoms with Gasteiger partial charge in [-0.1, -0.05) is 18.2 Å². The summed E-state index contributed by atoms with van der Waals surface area (Å²) in [6.07, 6.45) is 4.70. The van der Waals surface area contributed by atoms with E-state index in [-0.39, 0.29) is 0 Å². The van der Waals surface area contributed by atoms with E-state index in [0.717, 1.165) is 48.5 Å². The Morgan fingerprint density at radius 2 is 2.26 bits per heavy atom. The molecule has 0 saturated carbocycles. The van der Waals surface area contributed by atoms with Gasteiger partial charge in [0.2, 0.25) is 0 Å². The van der Waals surface area contributed by atoms with Crippen LogP contribution in [0.3, 0.4) is 0 Å². The Kier molecular flexibility index (Phi) is 4.14. The Morgan fingerprint density at radius 3 is 3.11 bits per heavy atom. The predicted molar refractivity (Wildman–Crippen MR) is 110 cm³/mol. The van der Waals surface area contributed by atoms with Crippen molar-refractivity contribution in [1.82, 2.24) is 19.9 Å². The molecule has 4 heterocycles. The zero-order valence-corrected chi connectivity index (χ0v) is 17.0. The molecule has 3 aromatic rings. The van der Waals surface area contributed by atoms with E-state index < -0.39 is 10.8 Å². The highest BCUT2D eigenvalue weighted by Crippen LogP contribution is 2.33. The van der Waals surface area contributed by atoms with Gasteiger partial charge in [0.1, 0.15) is 0 Å². The Balaban J connectivity index is 1.46. The number of aromatic nitrogens is 2. The molecule has 2 aliphatic rings. The number of thiazole rings is 1. The van der Waals surface area contributed by atoms with Gasteiger partial charge in [0.25, 0.3) is 0 Å². The van der Waals surface area contributed by atoms with E-state index in [9.17, 15) is 4.21 Å². The first-order valence-electron chi connectivity index (χ1n) is 9.02. The summed E-state index contributed by atoms with van der Waals surface area (Å²) in [5.41, 5.74) is 7.50. The maximum Gasteiger partial charge on any atom is 0.183 e. The SMILES string of the molecule is Cn1c2c(c3sc(S(C)=O)nc31)C=NN(Cc1cccc3c1CCNC3)C2. The van der Waals surface area contributed by atoms with Crippen molar-refractivity contribution in [1.29, 1.82) is 0 Å². The second-order valence-corrected chi connectivity index (χ2v) is 9.61. The maximum absolute atomic E-state index is 11.8. The van der Waals surface area contributed by atoms with Crippen LogP contribution < -0.4 is 5.32 Å². The van der Waals surface area contributed by atoms with Crippen molar-refractivity contribution < 1.29 is 4.21 Å². The van der Waals surface area contributed by atoms with Gasteiger partial charge >= 0.3 is 0 Å². The molecule has 2 aliphatic heterocycles. The molecule has 0 bridgehead atoms. The monoisotopic (exact) mass is 399 g/mol. The van der Waals surface area contributed by atoms with Crippen LogP contribution in [0.4, 0.5) is 0 Å². The first-order chi connectivity index (χ1) is 13.1. The number of fused-ring (bicyclic) bond motifs is 4. The van der Waals surface area contributed by atoms with Crippen molar-refractivity contribution in [3.63, 3.8) is 0 Å². The standard InChI is InChI=1S/C19H21N5OS2/c1-23-16-11-24(10-13-5-3-4-12-8-20-7-6-14(12)13)21-9-15(16)17-18(23)22-19(26-17)27(2)25/h3-5,9,20H,6-8,10-11H2,1-2H3. The van der Waals surface area contributed by atoms with Crippen LogP contribution in [0.15, 0.2) is 27.6 Å². The zero-order chi connectivity index (χ0) is 18.5. The molecule has 1 N–H and O–H groups in total. The minimum Gasteiger partial charge on any atom is -0.329 e. The second kappa shape index (κ2) is 6.54. The van der Waals surface area contributed by atoms with Crippen molar-refractivity contribution in [3.05, 3.63) is 46.1 Å². The van der Waals surface area contributed by atoms with Gasteiger partial charge < -0.3 is 9.88 Å². The van der Waals surface area contributed by atoms with Crippen LogP contribution in [-0.4, -0.2) is 37.8 Å². The highest BCUT2D eigenvalue weighted by atomic mass is 32.2. The van der Waals surface area contributed by atoms with Crippen LogP contribution in [0.25, 0.3) is 10.3 Å². The lowest BCUT2D eigenvalue weighted by Gasteiger charge is -2.26. The third-order valence-electron chi connectivity index (χ3n) is 5.39. The van der Waals surface area contributed by atoms with Gasteiger partial charge in [-0.05, 0) is 29.7 Å². The number of hydrogen-bond acceptors (Lipinski definition) is 6. The summed E-state index contributed by atoms with van der Waals surface area (Å²) in [6.45, 7) is 3.57. The molecule has 140 valence electrons. The molecule has 0 fully saturated rings. The lowest BCUT2D eigenvalue weighted by atomic mass is 9.95. The molecular weight excluding hydrogens is 378 g/mol. The van der Waals surface area contributed by atoms with Crippen molar-refractivity contribution in [2.24, 2.45) is 12.1 Å². The van der Waals surface area contributed by atoms with E-state index in [0.29, 0.717) is 4.34 Å². The van der Waals surface area contributed by atoms with Crippen LogP contribution in [0.1, 0.15) is 27.9 Å². The first-order valence-corrected chi connectivity index (χ1v) is 11.4. The lowest BCUT2D eigenvalue weighted by Crippen LogP contribution is -2.27. The predicted octanol–water partition coefficient (Wildman–Crippen LogP) is 2.37. The van der Waals surface area contributed by atoms with E-state index in [1.54, 1.807) is 6.26 Å². The fourth-order valence-corrected chi connectivity index (χ4v) is 5.78. The Morgan fingerprint density at radius 1 is 1.37 bits per heavy atom. The zero-order valence-electron chi connectivity index (χ0n) is 15.4. The Bertz CT molecular complexity index is 1100. The van der Waals surface area contributed by atoms with Crippen molar-refractivity contribution in [2.75, 3.05) is 12.8 Å². The highest BCUT2D eigenvalue weighted by Gasteiger charge is 2.24. The molecule has 5 rings (SSSR count). The van der Waals surface area contributed by atoms with Crippen LogP contribution in [0.2, 0.25) is 0 Å². The topological polar surface area (TPSA) is 62.5 Å². The Labute approximate surface area is 164 Å². The summed E-state index contributed by atoms with van der Waals surface area (Å²) in [5.74, 6) is 0. The van der Waals surface area contributed by atoms with Gasteiger partial charge in [-0.2, -0.15) is 5.10 Å². The summed E-state index contributed by atoms with van der Waals surface area (Å²) in [5, 5.41) is 10.3. The average Bonchev–Trinajstić information content (AvgIpc) is 3.22. The molecular formula is C19H21N5OS2. The summed E-state index contributed by atoms with van der Waals surface area (Å²) in [7, 11) is 0.988. The van der Waals surface area contributed by atoms with Gasteiger partial charge in [0, 0.05) is 25.4 Å². The van der Waals surface area contributed by atoms with Gasteiger partial charge in [0.05, 0.1) is 40.5 Å². The molecule has 8 heteroatoms. The molecule has 6 nitrogen and oxygen atoms in total. The number of aryl methyl sites for hydroxylation is 1. The van der Waals surface area contributed by atoms with Gasteiger partial charge in [-0.15, -0.1) is 11.3 Å². The normalized spacial score (nSPS) is 17.2. The van der Waals surface area contributed by atoms with Gasteiger partial charge in [-0.25, -0.2) is 4.98 Å². The van der Waals surface area contributed by atoms with Crippen molar-refractivity contribution in [2.45, 2.75) is 30.4 Å². The molecule has 1 unspecified atom stereocenters. The van der Waals surface area contributed by atoms with E-state index in [4.69, 9.17) is 5.10 Å². The number of rotatable bonds is 3. The largest absolute Gasteiger partial charge is 0.329 e. The minimum atomic E-state index is -1.05. The Hall–Kier alpha value is -2.03. The van der Waals surface area contributed by atoms with Crippen molar-refractivity contribution >= 4 is 38.7 Å². The summed E-state index contributed by atoms with van der Waals surface area (Å²) < 4.78 is 15.7. The second-order valence-electron chi connectivity index (χ2n) is 7.05. The summed E-state index contributed by atoms with van der Waals surface area (Å²) in [4.78, 5) is 4.58. The lowest BCUT2D eigenvalue weighted by molar-refractivity contribution is 0.261. The fraction of sp³-hybridized carbons (Fsp3) is 0.368. The third-order valence-corrected chi connectivity index (χ3v) is 7.80. The number of hydrazone groups is 1. The van der Waals surface area contributed by atoms with E-state index >= 15 is 0 Å². The molecule has 2 aromatic heterocycles. The van der Waals surface area contributed by atoms with E-state index in [1.165, 1.54) is 33.7 Å². The third kappa shape index (κ3) is 2.83. The molecule has 0 amide bonds. The van der Waals surface area contributed by atoms with Crippen LogP contribution >= 0.6 is 11.3 Å². The van der Waals surface area contributed by atoms with Crippen molar-refractivity contribution in [3.8, 4) is 0 Å². The number of nitrogens with one attached hydrogen (secondary N) is 1. The number of nitrogens with zero attached hydrogens (tertiary/aromatic N) is 4. The smallest absolute Gasteiger partial charge is 0.183 e. The van der Waals surface area contributed by atoms with Crippen LogP contribution in [0, 0.1) is 0 Å². The molecule has 27 heavy (non-hydrogen) atoms. The van der Waals surface area contributed by atoms with E-state index in [2.05, 4.69) is 38.1 Å². The van der Waals surface area contributed by atoms with E-state index in [1.807, 2.05) is 13.3 Å². The molecule has 0 spiro atoms. The van der Waals surface area contributed by atoms with Crippen LogP contribution in [0.5, 0.6) is 0 Å². The first kappa shape index (κ1) is 17.1. The highest BCUT2D eigenvalue weighted by molar-refractivity contribution is 7.86. The van der Waals surface area contributed by atoms with Gasteiger partial charge in [0.15, 0.2) is 9.99 Å². The molecule has 0 saturated heterocycles. The summed E-state index contributed by atoms with van der Waals surface area (Å²) in [6, 6.07) is 6.59. The average molecular weight is 400 g/mol. The number of benzene rings is 1. The minimum absolute atomic E-state index is 0.679. The molecule has 1 atom stereocenters. The maximum atomic E-state index is 11.8. The molecule has 0 aliphatic carbocycles. The number of hydrogen-bond donors (Lipinski definition) is 1. The quantitative estimate of drug-likeness (QED) is 0.735. The van der Waals surface area contributed by atoms with Gasteiger partial charge in [-0.3, -0.25) is 9.22 Å².